The first kappa shape index (κ1) is 11.2. The smallest absolute Gasteiger partial charge is 0.189 e. The highest BCUT2D eigenvalue weighted by Crippen LogP contribution is 2.20. The quantitative estimate of drug-likeness (QED) is 0.629. The second-order valence-electron chi connectivity index (χ2n) is 3.82. The summed E-state index contributed by atoms with van der Waals surface area (Å²) in [5.74, 6) is -0.00251. The molecule has 1 aromatic carbocycles. The Balaban J connectivity index is 2.02. The van der Waals surface area contributed by atoms with Crippen molar-refractivity contribution in [1.29, 1.82) is 0 Å². The van der Waals surface area contributed by atoms with Crippen LogP contribution >= 0.6 is 11.6 Å². The van der Waals surface area contributed by atoms with Gasteiger partial charge in [-0.25, -0.2) is 9.38 Å². The molecule has 0 spiro atoms. The molecule has 1 fully saturated rings. The second-order valence-corrected chi connectivity index (χ2v) is 4.23. The highest BCUT2D eigenvalue weighted by atomic mass is 35.5. The zero-order valence-electron chi connectivity index (χ0n) is 8.71. The first-order valence-corrected chi connectivity index (χ1v) is 5.54. The van der Waals surface area contributed by atoms with Crippen molar-refractivity contribution >= 4 is 17.6 Å². The maximum Gasteiger partial charge on any atom is 0.189 e. The summed E-state index contributed by atoms with van der Waals surface area (Å²) in [5.41, 5.74) is 6.02. The average molecular weight is 242 g/mol. The van der Waals surface area contributed by atoms with Crippen LogP contribution in [0.1, 0.15) is 18.4 Å². The highest BCUT2D eigenvalue weighted by molar-refractivity contribution is 6.31. The van der Waals surface area contributed by atoms with E-state index in [0.29, 0.717) is 22.6 Å². The van der Waals surface area contributed by atoms with E-state index in [1.165, 1.54) is 6.07 Å². The van der Waals surface area contributed by atoms with Crippen LogP contribution < -0.4 is 11.1 Å². The lowest BCUT2D eigenvalue weighted by Crippen LogP contribution is -2.33. The molecule has 0 saturated heterocycles. The fourth-order valence-corrected chi connectivity index (χ4v) is 1.55. The predicted molar refractivity (Wildman–Crippen MR) is 62.9 cm³/mol. The third-order valence-corrected chi connectivity index (χ3v) is 2.75. The van der Waals surface area contributed by atoms with E-state index in [0.717, 1.165) is 12.8 Å². The molecule has 1 aromatic rings. The zero-order valence-corrected chi connectivity index (χ0v) is 9.47. The molecule has 0 amide bonds. The molecule has 0 radical (unpaired) electrons. The summed E-state index contributed by atoms with van der Waals surface area (Å²) < 4.78 is 13.4. The maximum atomic E-state index is 13.4. The molecular formula is C11H13ClFN3. The average Bonchev–Trinajstić information content (AvgIpc) is 3.01. The number of nitrogens with zero attached hydrogens (tertiary/aromatic N) is 1. The van der Waals surface area contributed by atoms with Crippen LogP contribution in [0.2, 0.25) is 5.02 Å². The molecule has 1 saturated carbocycles. The van der Waals surface area contributed by atoms with Crippen LogP contribution in [0.15, 0.2) is 23.2 Å². The Morgan fingerprint density at radius 2 is 2.31 bits per heavy atom. The van der Waals surface area contributed by atoms with Gasteiger partial charge in [0.2, 0.25) is 0 Å². The van der Waals surface area contributed by atoms with Crippen molar-refractivity contribution in [1.82, 2.24) is 5.32 Å². The lowest BCUT2D eigenvalue weighted by Gasteiger charge is -2.05. The molecule has 1 aliphatic rings. The first-order chi connectivity index (χ1) is 7.66. The van der Waals surface area contributed by atoms with Gasteiger partial charge in [0, 0.05) is 16.6 Å². The van der Waals surface area contributed by atoms with Gasteiger partial charge in [-0.05, 0) is 25.0 Å². The molecule has 1 aliphatic carbocycles. The van der Waals surface area contributed by atoms with E-state index < -0.39 is 0 Å². The van der Waals surface area contributed by atoms with E-state index >= 15 is 0 Å². The molecule has 0 aliphatic heterocycles. The lowest BCUT2D eigenvalue weighted by atomic mass is 10.2. The van der Waals surface area contributed by atoms with Gasteiger partial charge in [-0.2, -0.15) is 0 Å². The maximum absolute atomic E-state index is 13.4. The number of hydrogen-bond donors (Lipinski definition) is 2. The lowest BCUT2D eigenvalue weighted by molar-refractivity contribution is 0.610. The van der Waals surface area contributed by atoms with Gasteiger partial charge in [-0.1, -0.05) is 17.7 Å². The van der Waals surface area contributed by atoms with Gasteiger partial charge in [0.25, 0.3) is 0 Å². The number of nitrogens with one attached hydrogen (secondary N) is 1. The van der Waals surface area contributed by atoms with Crippen LogP contribution in [0.5, 0.6) is 0 Å². The predicted octanol–water partition coefficient (Wildman–Crippen LogP) is 2.05. The Labute approximate surface area is 98.5 Å². The molecule has 2 rings (SSSR count). The Morgan fingerprint density at radius 1 is 1.56 bits per heavy atom. The summed E-state index contributed by atoms with van der Waals surface area (Å²) in [6.07, 6.45) is 2.24. The Bertz CT molecular complexity index is 395. The van der Waals surface area contributed by atoms with Crippen molar-refractivity contribution in [2.24, 2.45) is 10.7 Å². The summed E-state index contributed by atoms with van der Waals surface area (Å²) >= 11 is 5.86. The standard InChI is InChI=1S/C11H13ClFN3/c12-9-2-1-3-10(13)8(9)6-15-11(14)16-7-4-5-7/h1-3,7H,4-6H2,(H3,14,15,16). The molecule has 0 heterocycles. The number of benzene rings is 1. The van der Waals surface area contributed by atoms with E-state index in [2.05, 4.69) is 10.3 Å². The number of rotatable bonds is 3. The summed E-state index contributed by atoms with van der Waals surface area (Å²) in [4.78, 5) is 4.06. The van der Waals surface area contributed by atoms with Gasteiger partial charge in [-0.15, -0.1) is 0 Å². The second kappa shape index (κ2) is 4.70. The molecule has 5 heteroatoms. The van der Waals surface area contributed by atoms with Crippen LogP contribution in [0, 0.1) is 5.82 Å². The van der Waals surface area contributed by atoms with Crippen molar-refractivity contribution in [3.8, 4) is 0 Å². The molecule has 0 atom stereocenters. The molecule has 0 bridgehead atoms. The van der Waals surface area contributed by atoms with Crippen molar-refractivity contribution in [3.63, 3.8) is 0 Å². The third-order valence-electron chi connectivity index (χ3n) is 2.40. The number of nitrogens with two attached hydrogens (primary N) is 1. The van der Waals surface area contributed by atoms with E-state index in [1.54, 1.807) is 12.1 Å². The Kier molecular flexibility index (Phi) is 3.29. The van der Waals surface area contributed by atoms with Crippen molar-refractivity contribution in [2.45, 2.75) is 25.4 Å². The van der Waals surface area contributed by atoms with Gasteiger partial charge in [-0.3, -0.25) is 0 Å². The SMILES string of the molecule is NC(=NCc1c(F)cccc1Cl)NC1CC1. The molecule has 0 unspecified atom stereocenters. The number of halogens is 2. The van der Waals surface area contributed by atoms with Gasteiger partial charge >= 0.3 is 0 Å². The van der Waals surface area contributed by atoms with Gasteiger partial charge in [0.1, 0.15) is 5.82 Å². The fraction of sp³-hybridized carbons (Fsp3) is 0.364. The number of aliphatic imine (C=N–C) groups is 1. The molecule has 0 aromatic heterocycles. The molecule has 86 valence electrons. The van der Waals surface area contributed by atoms with Crippen molar-refractivity contribution in [3.05, 3.63) is 34.6 Å². The fourth-order valence-electron chi connectivity index (χ4n) is 1.33. The van der Waals surface area contributed by atoms with Crippen LogP contribution in [0.4, 0.5) is 4.39 Å². The zero-order chi connectivity index (χ0) is 11.5. The largest absolute Gasteiger partial charge is 0.370 e. The normalized spacial score (nSPS) is 16.2. The van der Waals surface area contributed by atoms with E-state index in [9.17, 15) is 4.39 Å². The van der Waals surface area contributed by atoms with E-state index in [4.69, 9.17) is 17.3 Å². The minimum atomic E-state index is -0.351. The molecule has 16 heavy (non-hydrogen) atoms. The van der Waals surface area contributed by atoms with Gasteiger partial charge in [0.15, 0.2) is 5.96 Å². The van der Waals surface area contributed by atoms with E-state index in [1.807, 2.05) is 0 Å². The minimum Gasteiger partial charge on any atom is -0.370 e. The first-order valence-electron chi connectivity index (χ1n) is 5.16. The third kappa shape index (κ3) is 2.85. The molecule has 3 N–H and O–H groups in total. The highest BCUT2D eigenvalue weighted by Gasteiger charge is 2.21. The van der Waals surface area contributed by atoms with Gasteiger partial charge in [0.05, 0.1) is 6.54 Å². The molecule has 3 nitrogen and oxygen atoms in total. The monoisotopic (exact) mass is 241 g/mol. The topological polar surface area (TPSA) is 50.4 Å². The van der Waals surface area contributed by atoms with Gasteiger partial charge < -0.3 is 11.1 Å². The Hall–Kier alpha value is -1.29. The van der Waals surface area contributed by atoms with Crippen LogP contribution in [-0.4, -0.2) is 12.0 Å². The summed E-state index contributed by atoms with van der Waals surface area (Å²) in [7, 11) is 0. The van der Waals surface area contributed by atoms with Crippen LogP contribution in [0.25, 0.3) is 0 Å². The van der Waals surface area contributed by atoms with Crippen LogP contribution in [0.3, 0.4) is 0 Å². The summed E-state index contributed by atoms with van der Waals surface area (Å²) in [5, 5.41) is 3.40. The van der Waals surface area contributed by atoms with E-state index in [-0.39, 0.29) is 12.4 Å². The minimum absolute atomic E-state index is 0.164. The Morgan fingerprint density at radius 3 is 2.94 bits per heavy atom. The van der Waals surface area contributed by atoms with Crippen LogP contribution in [-0.2, 0) is 6.54 Å². The number of hydrogen-bond acceptors (Lipinski definition) is 1. The number of guanidine groups is 1. The summed E-state index contributed by atoms with van der Waals surface area (Å²) in [6, 6.07) is 5.01. The van der Waals surface area contributed by atoms with Crippen molar-refractivity contribution < 1.29 is 4.39 Å². The summed E-state index contributed by atoms with van der Waals surface area (Å²) in [6.45, 7) is 0.164. The molecular weight excluding hydrogens is 229 g/mol. The van der Waals surface area contributed by atoms with Crippen molar-refractivity contribution in [2.75, 3.05) is 0 Å².